The molecule has 0 spiro atoms. The molecule has 0 saturated carbocycles. The Morgan fingerprint density at radius 2 is 2.30 bits per heavy atom. The van der Waals surface area contributed by atoms with Gasteiger partial charge < -0.3 is 5.43 Å². The number of nitrogen functional groups attached to an aromatic ring is 1. The van der Waals surface area contributed by atoms with Crippen LogP contribution in [0.5, 0.6) is 0 Å². The lowest BCUT2D eigenvalue weighted by Gasteiger charge is -1.95. The van der Waals surface area contributed by atoms with Crippen LogP contribution in [0.15, 0.2) is 18.3 Å². The predicted octanol–water partition coefficient (Wildman–Crippen LogP) is 1.44. The molecule has 0 fully saturated rings. The zero-order valence-electron chi connectivity index (χ0n) is 5.04. The zero-order valence-corrected chi connectivity index (χ0v) is 6.62. The van der Waals surface area contributed by atoms with Crippen LogP contribution >= 0.6 is 24.0 Å². The van der Waals surface area contributed by atoms with E-state index in [9.17, 15) is 0 Å². The molecule has 0 atom stereocenters. The van der Waals surface area contributed by atoms with E-state index in [1.807, 2.05) is 0 Å². The Hall–Kier alpha value is -0.510. The molecule has 0 aliphatic heterocycles. The predicted molar refractivity (Wildman–Crippen MR) is 44.3 cm³/mol. The van der Waals surface area contributed by atoms with Gasteiger partial charge in [0.05, 0.1) is 0 Å². The minimum absolute atomic E-state index is 0. The Labute approximate surface area is 70.0 Å². The maximum atomic E-state index is 5.59. The van der Waals surface area contributed by atoms with Crippen LogP contribution in [0.3, 0.4) is 0 Å². The van der Waals surface area contributed by atoms with E-state index in [1.165, 1.54) is 0 Å². The molecule has 3 nitrogen and oxygen atoms in total. The molecule has 0 aliphatic rings. The summed E-state index contributed by atoms with van der Waals surface area (Å²) in [7, 11) is 0. The summed E-state index contributed by atoms with van der Waals surface area (Å²) in [4.78, 5) is 3.84. The maximum Gasteiger partial charge on any atom is 0.141 e. The lowest BCUT2D eigenvalue weighted by Crippen LogP contribution is -2.07. The SMILES string of the molecule is Cl.NNc1cc(Cl)ccn1. The summed E-state index contributed by atoms with van der Waals surface area (Å²) in [5, 5.41) is 0.623. The number of pyridine rings is 1. The third-order valence-corrected chi connectivity index (χ3v) is 1.10. The second-order valence-corrected chi connectivity index (χ2v) is 1.94. The molecule has 56 valence electrons. The minimum atomic E-state index is 0. The summed E-state index contributed by atoms with van der Waals surface area (Å²) >= 11 is 5.59. The van der Waals surface area contributed by atoms with Crippen LogP contribution in [-0.2, 0) is 0 Å². The third kappa shape index (κ3) is 2.39. The lowest BCUT2D eigenvalue weighted by atomic mass is 10.5. The molecule has 0 bridgehead atoms. The fourth-order valence-electron chi connectivity index (χ4n) is 0.484. The fourth-order valence-corrected chi connectivity index (χ4v) is 0.643. The van der Waals surface area contributed by atoms with Gasteiger partial charge in [0.1, 0.15) is 5.82 Å². The molecule has 0 saturated heterocycles. The van der Waals surface area contributed by atoms with E-state index in [0.29, 0.717) is 10.8 Å². The van der Waals surface area contributed by atoms with E-state index in [-0.39, 0.29) is 12.4 Å². The summed E-state index contributed by atoms with van der Waals surface area (Å²) < 4.78 is 0. The van der Waals surface area contributed by atoms with Gasteiger partial charge in [0.25, 0.3) is 0 Å². The smallest absolute Gasteiger partial charge is 0.141 e. The van der Waals surface area contributed by atoms with Crippen molar-refractivity contribution in [3.8, 4) is 0 Å². The molecule has 0 unspecified atom stereocenters. The standard InChI is InChI=1S/C5H6ClN3.ClH/c6-4-1-2-8-5(3-4)9-7;/h1-3H,7H2,(H,8,9);1H. The molecule has 1 aromatic rings. The maximum absolute atomic E-state index is 5.59. The number of nitrogens with two attached hydrogens (primary N) is 1. The summed E-state index contributed by atoms with van der Waals surface area (Å²) in [6, 6.07) is 3.32. The highest BCUT2D eigenvalue weighted by atomic mass is 35.5. The van der Waals surface area contributed by atoms with Crippen LogP contribution in [0.1, 0.15) is 0 Å². The van der Waals surface area contributed by atoms with Crippen LogP contribution in [0.4, 0.5) is 5.82 Å². The first-order valence-electron chi connectivity index (χ1n) is 2.41. The van der Waals surface area contributed by atoms with Crippen LogP contribution < -0.4 is 11.3 Å². The normalized spacial score (nSPS) is 8.20. The van der Waals surface area contributed by atoms with Crippen molar-refractivity contribution in [1.29, 1.82) is 0 Å². The number of halogens is 2. The van der Waals surface area contributed by atoms with Crippen molar-refractivity contribution in [2.24, 2.45) is 5.84 Å². The van der Waals surface area contributed by atoms with Gasteiger partial charge in [0, 0.05) is 17.3 Å². The van der Waals surface area contributed by atoms with Crippen molar-refractivity contribution in [3.63, 3.8) is 0 Å². The molecule has 0 amide bonds. The van der Waals surface area contributed by atoms with E-state index in [4.69, 9.17) is 17.4 Å². The van der Waals surface area contributed by atoms with Gasteiger partial charge in [-0.2, -0.15) is 0 Å². The number of hydrogen-bond acceptors (Lipinski definition) is 3. The van der Waals surface area contributed by atoms with Gasteiger partial charge in [-0.1, -0.05) is 11.6 Å². The minimum Gasteiger partial charge on any atom is -0.308 e. The van der Waals surface area contributed by atoms with Gasteiger partial charge in [-0.05, 0) is 6.07 Å². The van der Waals surface area contributed by atoms with Crippen molar-refractivity contribution in [2.45, 2.75) is 0 Å². The highest BCUT2D eigenvalue weighted by molar-refractivity contribution is 6.30. The number of anilines is 1. The summed E-state index contributed by atoms with van der Waals surface area (Å²) in [6.07, 6.45) is 1.58. The summed E-state index contributed by atoms with van der Waals surface area (Å²) in [5.74, 6) is 5.62. The average Bonchev–Trinajstić information content (AvgIpc) is 1.88. The largest absolute Gasteiger partial charge is 0.308 e. The molecule has 1 heterocycles. The second-order valence-electron chi connectivity index (χ2n) is 1.50. The summed E-state index contributed by atoms with van der Waals surface area (Å²) in [5.41, 5.74) is 2.37. The number of aromatic nitrogens is 1. The van der Waals surface area contributed by atoms with Crippen molar-refractivity contribution >= 4 is 29.8 Å². The number of hydrazine groups is 1. The zero-order chi connectivity index (χ0) is 6.69. The van der Waals surface area contributed by atoms with Gasteiger partial charge in [-0.15, -0.1) is 12.4 Å². The average molecular weight is 180 g/mol. The third-order valence-electron chi connectivity index (χ3n) is 0.870. The van der Waals surface area contributed by atoms with Gasteiger partial charge in [-0.25, -0.2) is 10.8 Å². The molecular formula is C5H7Cl2N3. The molecular weight excluding hydrogens is 173 g/mol. The number of nitrogens with zero attached hydrogens (tertiary/aromatic N) is 1. The topological polar surface area (TPSA) is 50.9 Å². The van der Waals surface area contributed by atoms with Gasteiger partial charge >= 0.3 is 0 Å². The van der Waals surface area contributed by atoms with Crippen LogP contribution in [0.2, 0.25) is 5.02 Å². The van der Waals surface area contributed by atoms with E-state index >= 15 is 0 Å². The Morgan fingerprint density at radius 3 is 2.70 bits per heavy atom. The molecule has 1 aromatic heterocycles. The number of nitrogens with one attached hydrogen (secondary N) is 1. The first-order valence-corrected chi connectivity index (χ1v) is 2.79. The Bertz CT molecular complexity index is 204. The van der Waals surface area contributed by atoms with Crippen molar-refractivity contribution in [3.05, 3.63) is 23.4 Å². The van der Waals surface area contributed by atoms with Crippen LogP contribution in [0.25, 0.3) is 0 Å². The highest BCUT2D eigenvalue weighted by Crippen LogP contribution is 2.09. The molecule has 0 radical (unpaired) electrons. The second kappa shape index (κ2) is 4.33. The number of hydrogen-bond donors (Lipinski definition) is 2. The van der Waals surface area contributed by atoms with Gasteiger partial charge in [0.2, 0.25) is 0 Å². The van der Waals surface area contributed by atoms with E-state index < -0.39 is 0 Å². The molecule has 1 rings (SSSR count). The van der Waals surface area contributed by atoms with Crippen molar-refractivity contribution < 1.29 is 0 Å². The quantitative estimate of drug-likeness (QED) is 0.507. The first kappa shape index (κ1) is 9.49. The molecule has 0 aromatic carbocycles. The molecule has 3 N–H and O–H groups in total. The number of rotatable bonds is 1. The fraction of sp³-hybridized carbons (Fsp3) is 0. The summed E-state index contributed by atoms with van der Waals surface area (Å²) in [6.45, 7) is 0. The Morgan fingerprint density at radius 1 is 1.60 bits per heavy atom. The van der Waals surface area contributed by atoms with Gasteiger partial charge in [0.15, 0.2) is 0 Å². The Kier molecular flexibility index (Phi) is 4.11. The Balaban J connectivity index is 0.000000810. The van der Waals surface area contributed by atoms with Crippen molar-refractivity contribution in [1.82, 2.24) is 4.98 Å². The van der Waals surface area contributed by atoms with Crippen LogP contribution in [0, 0.1) is 0 Å². The lowest BCUT2D eigenvalue weighted by molar-refractivity contribution is 1.23. The van der Waals surface area contributed by atoms with Crippen molar-refractivity contribution in [2.75, 3.05) is 5.43 Å². The van der Waals surface area contributed by atoms with Crippen LogP contribution in [-0.4, -0.2) is 4.98 Å². The molecule has 5 heteroatoms. The van der Waals surface area contributed by atoms with Gasteiger partial charge in [-0.3, -0.25) is 0 Å². The van der Waals surface area contributed by atoms with E-state index in [1.54, 1.807) is 18.3 Å². The van der Waals surface area contributed by atoms with E-state index in [2.05, 4.69) is 10.4 Å². The van der Waals surface area contributed by atoms with E-state index in [0.717, 1.165) is 0 Å². The highest BCUT2D eigenvalue weighted by Gasteiger charge is 1.88. The monoisotopic (exact) mass is 179 g/mol. The molecule has 10 heavy (non-hydrogen) atoms. The molecule has 0 aliphatic carbocycles. The first-order chi connectivity index (χ1) is 4.33.